The van der Waals surface area contributed by atoms with E-state index in [0.717, 1.165) is 19.5 Å². The molecule has 104 valence electrons. The lowest BCUT2D eigenvalue weighted by atomic mass is 9.93. The number of amides is 1. The van der Waals surface area contributed by atoms with E-state index in [1.807, 2.05) is 17.0 Å². The lowest BCUT2D eigenvalue weighted by molar-refractivity contribution is -0.130. The second-order valence-electron chi connectivity index (χ2n) is 5.69. The molecular weight excluding hydrogens is 236 g/mol. The molecule has 1 fully saturated rings. The van der Waals surface area contributed by atoms with Crippen molar-refractivity contribution in [1.29, 1.82) is 0 Å². The zero-order chi connectivity index (χ0) is 13.8. The molecule has 2 rings (SSSR count). The standard InChI is InChI=1S/C16H24N2O/c1-12-5-3-4-6-15(12)13(2)9-16(19)18-8-7-14(10-17)11-18/h3-6,13-14H,7-11,17H2,1-2H3/t13-,14+/m0/s1. The zero-order valence-corrected chi connectivity index (χ0v) is 11.9. The molecule has 1 aliphatic heterocycles. The molecule has 19 heavy (non-hydrogen) atoms. The number of hydrogen-bond donors (Lipinski definition) is 1. The maximum atomic E-state index is 12.3. The highest BCUT2D eigenvalue weighted by atomic mass is 16.2. The van der Waals surface area contributed by atoms with Gasteiger partial charge >= 0.3 is 0 Å². The van der Waals surface area contributed by atoms with Crippen LogP contribution in [0.5, 0.6) is 0 Å². The van der Waals surface area contributed by atoms with Gasteiger partial charge in [-0.3, -0.25) is 4.79 Å². The minimum Gasteiger partial charge on any atom is -0.342 e. The number of carbonyl (C=O) groups excluding carboxylic acids is 1. The van der Waals surface area contributed by atoms with Crippen LogP contribution in [0.4, 0.5) is 0 Å². The minimum absolute atomic E-state index is 0.270. The van der Waals surface area contributed by atoms with Gasteiger partial charge in [0.15, 0.2) is 0 Å². The molecule has 0 unspecified atom stereocenters. The van der Waals surface area contributed by atoms with E-state index in [1.165, 1.54) is 11.1 Å². The van der Waals surface area contributed by atoms with E-state index in [4.69, 9.17) is 5.73 Å². The maximum absolute atomic E-state index is 12.3. The van der Waals surface area contributed by atoms with Crippen molar-refractivity contribution in [3.8, 4) is 0 Å². The number of rotatable bonds is 4. The molecule has 0 bridgehead atoms. The highest BCUT2D eigenvalue weighted by Gasteiger charge is 2.26. The summed E-state index contributed by atoms with van der Waals surface area (Å²) in [5.41, 5.74) is 8.22. The quantitative estimate of drug-likeness (QED) is 0.903. The Kier molecular flexibility index (Phi) is 4.59. The highest BCUT2D eigenvalue weighted by Crippen LogP contribution is 2.24. The Morgan fingerprint density at radius 1 is 1.47 bits per heavy atom. The van der Waals surface area contributed by atoms with Crippen LogP contribution in [0.2, 0.25) is 0 Å². The van der Waals surface area contributed by atoms with Crippen LogP contribution in [0.15, 0.2) is 24.3 Å². The Morgan fingerprint density at radius 3 is 2.84 bits per heavy atom. The maximum Gasteiger partial charge on any atom is 0.223 e. The van der Waals surface area contributed by atoms with E-state index in [9.17, 15) is 4.79 Å². The predicted octanol–water partition coefficient (Wildman–Crippen LogP) is 2.30. The van der Waals surface area contributed by atoms with Crippen LogP contribution in [0.1, 0.15) is 36.8 Å². The molecule has 3 heteroatoms. The first-order chi connectivity index (χ1) is 9.11. The van der Waals surface area contributed by atoms with Crippen molar-refractivity contribution in [3.63, 3.8) is 0 Å². The number of hydrogen-bond acceptors (Lipinski definition) is 2. The Labute approximate surface area is 115 Å². The molecule has 0 aliphatic carbocycles. The lowest BCUT2D eigenvalue weighted by Crippen LogP contribution is -2.30. The van der Waals surface area contributed by atoms with Crippen molar-refractivity contribution in [1.82, 2.24) is 4.90 Å². The molecule has 0 aromatic heterocycles. The summed E-state index contributed by atoms with van der Waals surface area (Å²) in [6.45, 7) is 6.65. The summed E-state index contributed by atoms with van der Waals surface area (Å²) in [4.78, 5) is 14.3. The largest absolute Gasteiger partial charge is 0.342 e. The third-order valence-corrected chi connectivity index (χ3v) is 4.17. The Morgan fingerprint density at radius 2 is 2.21 bits per heavy atom. The van der Waals surface area contributed by atoms with E-state index < -0.39 is 0 Å². The summed E-state index contributed by atoms with van der Waals surface area (Å²) in [5, 5.41) is 0. The van der Waals surface area contributed by atoms with E-state index in [-0.39, 0.29) is 11.8 Å². The van der Waals surface area contributed by atoms with Gasteiger partial charge < -0.3 is 10.6 Å². The minimum atomic E-state index is 0.270. The van der Waals surface area contributed by atoms with Crippen LogP contribution in [-0.2, 0) is 4.79 Å². The van der Waals surface area contributed by atoms with Crippen molar-refractivity contribution in [2.75, 3.05) is 19.6 Å². The van der Waals surface area contributed by atoms with Gasteiger partial charge in [-0.15, -0.1) is 0 Å². The summed E-state index contributed by atoms with van der Waals surface area (Å²) >= 11 is 0. The third-order valence-electron chi connectivity index (χ3n) is 4.17. The number of nitrogens with zero attached hydrogens (tertiary/aromatic N) is 1. The lowest BCUT2D eigenvalue weighted by Gasteiger charge is -2.20. The third kappa shape index (κ3) is 3.35. The molecule has 0 saturated carbocycles. The first-order valence-corrected chi connectivity index (χ1v) is 7.15. The van der Waals surface area contributed by atoms with Crippen LogP contribution in [0.3, 0.4) is 0 Å². The van der Waals surface area contributed by atoms with E-state index >= 15 is 0 Å². The molecule has 1 aliphatic rings. The summed E-state index contributed by atoms with van der Waals surface area (Å²) in [5.74, 6) is 1.05. The molecule has 1 saturated heterocycles. The van der Waals surface area contributed by atoms with Crippen molar-refractivity contribution in [3.05, 3.63) is 35.4 Å². The summed E-state index contributed by atoms with van der Waals surface area (Å²) < 4.78 is 0. The Hall–Kier alpha value is -1.35. The van der Waals surface area contributed by atoms with Crippen LogP contribution >= 0.6 is 0 Å². The van der Waals surface area contributed by atoms with Crippen LogP contribution in [0.25, 0.3) is 0 Å². The fourth-order valence-corrected chi connectivity index (χ4v) is 2.89. The topological polar surface area (TPSA) is 46.3 Å². The fourth-order valence-electron chi connectivity index (χ4n) is 2.89. The van der Waals surface area contributed by atoms with Crippen molar-refractivity contribution in [2.24, 2.45) is 11.7 Å². The van der Waals surface area contributed by atoms with Gasteiger partial charge in [-0.05, 0) is 42.9 Å². The normalized spacial score (nSPS) is 20.6. The van der Waals surface area contributed by atoms with Gasteiger partial charge in [-0.25, -0.2) is 0 Å². The molecule has 2 N–H and O–H groups in total. The van der Waals surface area contributed by atoms with E-state index in [0.29, 0.717) is 18.9 Å². The van der Waals surface area contributed by atoms with Crippen LogP contribution < -0.4 is 5.73 Å². The van der Waals surface area contributed by atoms with Gasteiger partial charge in [0.05, 0.1) is 0 Å². The number of nitrogens with two attached hydrogens (primary N) is 1. The molecule has 1 aromatic rings. The molecule has 3 nitrogen and oxygen atoms in total. The fraction of sp³-hybridized carbons (Fsp3) is 0.562. The smallest absolute Gasteiger partial charge is 0.223 e. The summed E-state index contributed by atoms with van der Waals surface area (Å²) in [6, 6.07) is 8.32. The molecule has 0 spiro atoms. The van der Waals surface area contributed by atoms with Crippen molar-refractivity contribution in [2.45, 2.75) is 32.6 Å². The van der Waals surface area contributed by atoms with E-state index in [1.54, 1.807) is 0 Å². The second-order valence-corrected chi connectivity index (χ2v) is 5.69. The number of carbonyl (C=O) groups is 1. The second kappa shape index (κ2) is 6.20. The average Bonchev–Trinajstić information content (AvgIpc) is 2.88. The molecule has 1 aromatic carbocycles. The van der Waals surface area contributed by atoms with Gasteiger partial charge in [0, 0.05) is 19.5 Å². The van der Waals surface area contributed by atoms with Gasteiger partial charge in [-0.2, -0.15) is 0 Å². The highest BCUT2D eigenvalue weighted by molar-refractivity contribution is 5.77. The van der Waals surface area contributed by atoms with E-state index in [2.05, 4.69) is 26.0 Å². The number of benzene rings is 1. The average molecular weight is 260 g/mol. The zero-order valence-electron chi connectivity index (χ0n) is 11.9. The Balaban J connectivity index is 1.94. The number of aryl methyl sites for hydroxylation is 1. The summed E-state index contributed by atoms with van der Waals surface area (Å²) in [6.07, 6.45) is 1.66. The number of likely N-dealkylation sites (tertiary alicyclic amines) is 1. The molecular formula is C16H24N2O. The molecule has 2 atom stereocenters. The van der Waals surface area contributed by atoms with Gasteiger partial charge in [0.1, 0.15) is 0 Å². The van der Waals surface area contributed by atoms with Crippen LogP contribution in [0, 0.1) is 12.8 Å². The summed E-state index contributed by atoms with van der Waals surface area (Å²) in [7, 11) is 0. The van der Waals surface area contributed by atoms with Gasteiger partial charge in [0.25, 0.3) is 0 Å². The van der Waals surface area contributed by atoms with Crippen molar-refractivity contribution < 1.29 is 4.79 Å². The predicted molar refractivity (Wildman–Crippen MR) is 78.0 cm³/mol. The molecule has 1 amide bonds. The monoisotopic (exact) mass is 260 g/mol. The van der Waals surface area contributed by atoms with Crippen LogP contribution in [-0.4, -0.2) is 30.4 Å². The van der Waals surface area contributed by atoms with Gasteiger partial charge in [0.2, 0.25) is 5.91 Å². The first-order valence-electron chi connectivity index (χ1n) is 7.15. The van der Waals surface area contributed by atoms with Gasteiger partial charge in [-0.1, -0.05) is 31.2 Å². The molecule has 0 radical (unpaired) electrons. The SMILES string of the molecule is Cc1ccccc1[C@@H](C)CC(=O)N1CC[C@H](CN)C1. The van der Waals surface area contributed by atoms with Crippen molar-refractivity contribution >= 4 is 5.91 Å². The molecule has 1 heterocycles. The first kappa shape index (κ1) is 14.1. The Bertz CT molecular complexity index is 444.